The van der Waals surface area contributed by atoms with Gasteiger partial charge in [0.1, 0.15) is 0 Å². The SMILES string of the molecule is CCC1(CC)CC(NCC(C)=CCl)CCO1. The molecular weight excluding hydrogens is 222 g/mol. The van der Waals surface area contributed by atoms with Crippen LogP contribution in [0.4, 0.5) is 0 Å². The van der Waals surface area contributed by atoms with E-state index in [1.165, 1.54) is 5.57 Å². The van der Waals surface area contributed by atoms with E-state index < -0.39 is 0 Å². The molecule has 0 aromatic carbocycles. The molecule has 1 N–H and O–H groups in total. The van der Waals surface area contributed by atoms with E-state index in [-0.39, 0.29) is 5.60 Å². The Morgan fingerprint density at radius 3 is 2.75 bits per heavy atom. The van der Waals surface area contributed by atoms with Gasteiger partial charge in [-0.15, -0.1) is 0 Å². The molecule has 0 aliphatic carbocycles. The second-order valence-electron chi connectivity index (χ2n) is 4.76. The monoisotopic (exact) mass is 245 g/mol. The summed E-state index contributed by atoms with van der Waals surface area (Å²) in [5.41, 5.74) is 2.94. The van der Waals surface area contributed by atoms with Gasteiger partial charge in [-0.2, -0.15) is 0 Å². The number of nitrogens with one attached hydrogen (secondary N) is 1. The minimum atomic E-state index is 0.106. The summed E-state index contributed by atoms with van der Waals surface area (Å²) in [6.45, 7) is 8.25. The molecule has 0 saturated carbocycles. The molecule has 1 atom stereocenters. The Bertz CT molecular complexity index is 236. The average molecular weight is 246 g/mol. The molecule has 1 saturated heterocycles. The molecular formula is C13H24ClNO. The van der Waals surface area contributed by atoms with Gasteiger partial charge < -0.3 is 10.1 Å². The van der Waals surface area contributed by atoms with E-state index >= 15 is 0 Å². The molecule has 0 spiro atoms. The van der Waals surface area contributed by atoms with E-state index in [4.69, 9.17) is 16.3 Å². The molecule has 94 valence electrons. The van der Waals surface area contributed by atoms with E-state index in [2.05, 4.69) is 19.2 Å². The predicted molar refractivity (Wildman–Crippen MR) is 69.9 cm³/mol. The van der Waals surface area contributed by atoms with Gasteiger partial charge in [0.25, 0.3) is 0 Å². The van der Waals surface area contributed by atoms with Crippen molar-refractivity contribution in [2.24, 2.45) is 0 Å². The number of hydrogen-bond donors (Lipinski definition) is 1. The average Bonchev–Trinajstić information content (AvgIpc) is 2.36. The van der Waals surface area contributed by atoms with Crippen LogP contribution in [0.5, 0.6) is 0 Å². The van der Waals surface area contributed by atoms with Gasteiger partial charge >= 0.3 is 0 Å². The van der Waals surface area contributed by atoms with Crippen molar-refractivity contribution >= 4 is 11.6 Å². The van der Waals surface area contributed by atoms with Crippen molar-refractivity contribution in [1.29, 1.82) is 0 Å². The van der Waals surface area contributed by atoms with E-state index in [1.807, 2.05) is 6.92 Å². The van der Waals surface area contributed by atoms with Gasteiger partial charge in [0.05, 0.1) is 5.60 Å². The minimum Gasteiger partial charge on any atom is -0.375 e. The molecule has 1 unspecified atom stereocenters. The summed E-state index contributed by atoms with van der Waals surface area (Å²) in [5, 5.41) is 3.56. The Labute approximate surface area is 104 Å². The highest BCUT2D eigenvalue weighted by Crippen LogP contribution is 2.31. The molecule has 2 nitrogen and oxygen atoms in total. The molecule has 1 aliphatic rings. The van der Waals surface area contributed by atoms with Crippen LogP contribution in [-0.2, 0) is 4.74 Å². The van der Waals surface area contributed by atoms with Gasteiger partial charge in [-0.25, -0.2) is 0 Å². The van der Waals surface area contributed by atoms with Crippen molar-refractivity contribution in [2.45, 2.75) is 58.1 Å². The minimum absolute atomic E-state index is 0.106. The van der Waals surface area contributed by atoms with Crippen LogP contribution in [0.25, 0.3) is 0 Å². The molecule has 3 heteroatoms. The third kappa shape index (κ3) is 3.76. The Balaban J connectivity index is 2.44. The first-order chi connectivity index (χ1) is 7.65. The summed E-state index contributed by atoms with van der Waals surface area (Å²) in [6, 6.07) is 0.570. The van der Waals surface area contributed by atoms with Gasteiger partial charge in [0.15, 0.2) is 0 Å². The highest BCUT2D eigenvalue weighted by atomic mass is 35.5. The lowest BCUT2D eigenvalue weighted by atomic mass is 9.86. The lowest BCUT2D eigenvalue weighted by Gasteiger charge is -2.40. The maximum absolute atomic E-state index is 5.95. The van der Waals surface area contributed by atoms with E-state index in [0.717, 1.165) is 38.8 Å². The number of halogens is 1. The standard InChI is InChI=1S/C13H24ClNO/c1-4-13(5-2)8-12(6-7-16-13)15-10-11(3)9-14/h9,12,15H,4-8,10H2,1-3H3. The fourth-order valence-corrected chi connectivity index (χ4v) is 2.37. The van der Waals surface area contributed by atoms with E-state index in [9.17, 15) is 0 Å². The van der Waals surface area contributed by atoms with Crippen molar-refractivity contribution in [3.63, 3.8) is 0 Å². The molecule has 0 bridgehead atoms. The predicted octanol–water partition coefficient (Wildman–Crippen LogP) is 3.46. The second-order valence-corrected chi connectivity index (χ2v) is 4.98. The maximum Gasteiger partial charge on any atom is 0.0692 e. The quantitative estimate of drug-likeness (QED) is 0.801. The molecule has 1 rings (SSSR count). The Morgan fingerprint density at radius 1 is 1.50 bits per heavy atom. The van der Waals surface area contributed by atoms with Gasteiger partial charge in [-0.1, -0.05) is 25.4 Å². The lowest BCUT2D eigenvalue weighted by Crippen LogP contribution is -2.46. The summed E-state index contributed by atoms with van der Waals surface area (Å²) < 4.78 is 5.95. The summed E-state index contributed by atoms with van der Waals surface area (Å²) in [4.78, 5) is 0. The first-order valence-corrected chi connectivity index (χ1v) is 6.72. The zero-order chi connectivity index (χ0) is 12.0. The van der Waals surface area contributed by atoms with Gasteiger partial charge in [0.2, 0.25) is 0 Å². The van der Waals surface area contributed by atoms with Crippen LogP contribution in [0.3, 0.4) is 0 Å². The molecule has 0 aromatic heterocycles. The molecule has 1 heterocycles. The van der Waals surface area contributed by atoms with Gasteiger partial charge in [-0.05, 0) is 38.2 Å². The second kappa shape index (κ2) is 6.63. The van der Waals surface area contributed by atoms with Crippen LogP contribution < -0.4 is 5.32 Å². The van der Waals surface area contributed by atoms with Gasteiger partial charge in [0, 0.05) is 24.7 Å². The summed E-state index contributed by atoms with van der Waals surface area (Å²) in [5.74, 6) is 0. The fourth-order valence-electron chi connectivity index (χ4n) is 2.29. The molecule has 0 radical (unpaired) electrons. The third-order valence-corrected chi connectivity index (χ3v) is 4.01. The molecule has 0 aromatic rings. The van der Waals surface area contributed by atoms with Crippen molar-refractivity contribution in [3.8, 4) is 0 Å². The first-order valence-electron chi connectivity index (χ1n) is 6.29. The van der Waals surface area contributed by atoms with Crippen LogP contribution >= 0.6 is 11.6 Å². The Kier molecular flexibility index (Phi) is 5.81. The van der Waals surface area contributed by atoms with Crippen LogP contribution in [0.15, 0.2) is 11.1 Å². The first kappa shape index (κ1) is 14.0. The number of hydrogen-bond acceptors (Lipinski definition) is 2. The lowest BCUT2D eigenvalue weighted by molar-refractivity contribution is -0.0927. The van der Waals surface area contributed by atoms with E-state index in [1.54, 1.807) is 5.54 Å². The largest absolute Gasteiger partial charge is 0.375 e. The zero-order valence-electron chi connectivity index (χ0n) is 10.7. The van der Waals surface area contributed by atoms with Crippen LogP contribution in [0.1, 0.15) is 46.5 Å². The molecule has 16 heavy (non-hydrogen) atoms. The fraction of sp³-hybridized carbons (Fsp3) is 0.846. The normalized spacial score (nSPS) is 25.8. The Morgan fingerprint density at radius 2 is 2.19 bits per heavy atom. The third-order valence-electron chi connectivity index (χ3n) is 3.64. The van der Waals surface area contributed by atoms with Crippen molar-refractivity contribution in [3.05, 3.63) is 11.1 Å². The molecule has 1 aliphatic heterocycles. The number of ether oxygens (including phenoxy) is 1. The van der Waals surface area contributed by atoms with E-state index in [0.29, 0.717) is 6.04 Å². The summed E-state index contributed by atoms with van der Waals surface area (Å²) >= 11 is 5.65. The zero-order valence-corrected chi connectivity index (χ0v) is 11.4. The van der Waals surface area contributed by atoms with Gasteiger partial charge in [-0.3, -0.25) is 0 Å². The highest BCUT2D eigenvalue weighted by Gasteiger charge is 2.34. The molecule has 1 fully saturated rings. The number of rotatable bonds is 5. The summed E-state index contributed by atoms with van der Waals surface area (Å²) in [7, 11) is 0. The maximum atomic E-state index is 5.95. The smallest absolute Gasteiger partial charge is 0.0692 e. The van der Waals surface area contributed by atoms with Crippen molar-refractivity contribution in [1.82, 2.24) is 5.32 Å². The van der Waals surface area contributed by atoms with Crippen molar-refractivity contribution < 1.29 is 4.74 Å². The Hall–Kier alpha value is -0.0500. The molecule has 0 amide bonds. The summed E-state index contributed by atoms with van der Waals surface area (Å²) in [6.07, 6.45) is 4.44. The highest BCUT2D eigenvalue weighted by molar-refractivity contribution is 6.25. The van der Waals surface area contributed by atoms with Crippen LogP contribution in [0.2, 0.25) is 0 Å². The topological polar surface area (TPSA) is 21.3 Å². The van der Waals surface area contributed by atoms with Crippen LogP contribution in [0, 0.1) is 0 Å². The van der Waals surface area contributed by atoms with Crippen LogP contribution in [-0.4, -0.2) is 24.8 Å². The van der Waals surface area contributed by atoms with Crippen molar-refractivity contribution in [2.75, 3.05) is 13.2 Å².